The largest absolute Gasteiger partial charge is 0.388 e. The Hall–Kier alpha value is -1.40. The Labute approximate surface area is 110 Å². The lowest BCUT2D eigenvalue weighted by Gasteiger charge is -2.07. The van der Waals surface area contributed by atoms with Crippen LogP contribution < -0.4 is 0 Å². The summed E-state index contributed by atoms with van der Waals surface area (Å²) < 4.78 is 1.97. The van der Waals surface area contributed by atoms with E-state index in [-0.39, 0.29) is 6.61 Å². The Kier molecular flexibility index (Phi) is 4.72. The Balaban J connectivity index is 2.07. The average molecular weight is 264 g/mol. The molecule has 0 spiro atoms. The lowest BCUT2D eigenvalue weighted by molar-refractivity contribution is 0.263. The molecule has 0 fully saturated rings. The molecule has 0 aromatic carbocycles. The molecule has 0 aliphatic rings. The fourth-order valence-corrected chi connectivity index (χ4v) is 2.54. The van der Waals surface area contributed by atoms with E-state index in [1.165, 1.54) is 0 Å². The van der Waals surface area contributed by atoms with Crippen molar-refractivity contribution in [1.82, 2.24) is 19.7 Å². The van der Waals surface area contributed by atoms with Crippen LogP contribution in [-0.4, -0.2) is 24.9 Å². The SMILES string of the molecule is CCCn1c(CO)nnc1SCc1cccnc1. The van der Waals surface area contributed by atoms with Crippen molar-refractivity contribution in [2.45, 2.75) is 37.4 Å². The van der Waals surface area contributed by atoms with Gasteiger partial charge in [0, 0.05) is 24.7 Å². The van der Waals surface area contributed by atoms with Gasteiger partial charge in [0.1, 0.15) is 6.61 Å². The van der Waals surface area contributed by atoms with Gasteiger partial charge in [0.25, 0.3) is 0 Å². The number of aliphatic hydroxyl groups excluding tert-OH is 1. The number of hydrogen-bond donors (Lipinski definition) is 1. The van der Waals surface area contributed by atoms with Crippen LogP contribution in [0.4, 0.5) is 0 Å². The molecule has 18 heavy (non-hydrogen) atoms. The lowest BCUT2D eigenvalue weighted by atomic mass is 10.3. The van der Waals surface area contributed by atoms with Gasteiger partial charge in [-0.2, -0.15) is 0 Å². The highest BCUT2D eigenvalue weighted by Gasteiger charge is 2.10. The topological polar surface area (TPSA) is 63.8 Å². The molecule has 1 N–H and O–H groups in total. The van der Waals surface area contributed by atoms with Crippen LogP contribution in [0.5, 0.6) is 0 Å². The summed E-state index contributed by atoms with van der Waals surface area (Å²) in [6.45, 7) is 2.86. The first-order valence-electron chi connectivity index (χ1n) is 5.89. The summed E-state index contributed by atoms with van der Waals surface area (Å²) in [5.74, 6) is 1.44. The summed E-state index contributed by atoms with van der Waals surface area (Å²) in [6.07, 6.45) is 4.60. The van der Waals surface area contributed by atoms with E-state index in [4.69, 9.17) is 0 Å². The number of aliphatic hydroxyl groups is 1. The summed E-state index contributed by atoms with van der Waals surface area (Å²) in [5.41, 5.74) is 1.15. The molecule has 0 unspecified atom stereocenters. The van der Waals surface area contributed by atoms with Gasteiger partial charge < -0.3 is 9.67 Å². The number of aromatic nitrogens is 4. The van der Waals surface area contributed by atoms with E-state index in [1.54, 1.807) is 18.0 Å². The maximum Gasteiger partial charge on any atom is 0.191 e. The number of thioether (sulfide) groups is 1. The molecule has 0 saturated heterocycles. The summed E-state index contributed by atoms with van der Waals surface area (Å²) in [6, 6.07) is 3.96. The van der Waals surface area contributed by atoms with E-state index in [0.717, 1.165) is 29.4 Å². The zero-order chi connectivity index (χ0) is 12.8. The molecule has 2 heterocycles. The Bertz CT molecular complexity index is 486. The van der Waals surface area contributed by atoms with Gasteiger partial charge in [-0.3, -0.25) is 4.98 Å². The quantitative estimate of drug-likeness (QED) is 0.807. The average Bonchev–Trinajstić information content (AvgIpc) is 2.80. The maximum absolute atomic E-state index is 9.20. The molecule has 0 aliphatic heterocycles. The molecule has 0 amide bonds. The molecule has 2 rings (SSSR count). The van der Waals surface area contributed by atoms with Crippen LogP contribution in [0.15, 0.2) is 29.7 Å². The molecular weight excluding hydrogens is 248 g/mol. The molecule has 5 nitrogen and oxygen atoms in total. The van der Waals surface area contributed by atoms with E-state index in [1.807, 2.05) is 22.9 Å². The van der Waals surface area contributed by atoms with Crippen LogP contribution in [0.3, 0.4) is 0 Å². The van der Waals surface area contributed by atoms with Crippen LogP contribution in [0.1, 0.15) is 24.7 Å². The molecular formula is C12H16N4OS. The van der Waals surface area contributed by atoms with Crippen LogP contribution in [0.2, 0.25) is 0 Å². The number of pyridine rings is 1. The molecule has 6 heteroatoms. The Morgan fingerprint density at radius 2 is 2.28 bits per heavy atom. The van der Waals surface area contributed by atoms with Gasteiger partial charge >= 0.3 is 0 Å². The van der Waals surface area contributed by atoms with E-state index in [0.29, 0.717) is 5.82 Å². The third kappa shape index (κ3) is 3.08. The summed E-state index contributed by atoms with van der Waals surface area (Å²) in [4.78, 5) is 4.08. The van der Waals surface area contributed by atoms with Crippen LogP contribution >= 0.6 is 11.8 Å². The molecule has 2 aromatic heterocycles. The second kappa shape index (κ2) is 6.51. The predicted molar refractivity (Wildman–Crippen MR) is 70.0 cm³/mol. The molecule has 0 atom stereocenters. The van der Waals surface area contributed by atoms with Crippen molar-refractivity contribution in [3.63, 3.8) is 0 Å². The van der Waals surface area contributed by atoms with Crippen LogP contribution in [0, 0.1) is 0 Å². The Morgan fingerprint density at radius 1 is 1.39 bits per heavy atom. The minimum absolute atomic E-state index is 0.0690. The normalized spacial score (nSPS) is 10.8. The molecule has 0 aliphatic carbocycles. The third-order valence-corrected chi connectivity index (χ3v) is 3.51. The van der Waals surface area contributed by atoms with E-state index >= 15 is 0 Å². The maximum atomic E-state index is 9.20. The highest BCUT2D eigenvalue weighted by atomic mass is 32.2. The molecule has 0 bridgehead atoms. The van der Waals surface area contributed by atoms with Crippen molar-refractivity contribution >= 4 is 11.8 Å². The minimum Gasteiger partial charge on any atom is -0.388 e. The van der Waals surface area contributed by atoms with Gasteiger partial charge in [-0.05, 0) is 18.1 Å². The highest BCUT2D eigenvalue weighted by Crippen LogP contribution is 2.21. The smallest absolute Gasteiger partial charge is 0.191 e. The second-order valence-electron chi connectivity index (χ2n) is 3.86. The third-order valence-electron chi connectivity index (χ3n) is 2.47. The van der Waals surface area contributed by atoms with Crippen molar-refractivity contribution < 1.29 is 5.11 Å². The fourth-order valence-electron chi connectivity index (χ4n) is 1.62. The first-order chi connectivity index (χ1) is 8.85. The van der Waals surface area contributed by atoms with Gasteiger partial charge in [0.2, 0.25) is 0 Å². The first kappa shape index (κ1) is 13.0. The van der Waals surface area contributed by atoms with Crippen LogP contribution in [-0.2, 0) is 18.9 Å². The number of hydrogen-bond acceptors (Lipinski definition) is 5. The van der Waals surface area contributed by atoms with Crippen molar-refractivity contribution in [2.24, 2.45) is 0 Å². The van der Waals surface area contributed by atoms with Gasteiger partial charge in [0.15, 0.2) is 11.0 Å². The predicted octanol–water partition coefficient (Wildman–Crippen LogP) is 1.87. The first-order valence-corrected chi connectivity index (χ1v) is 6.88. The van der Waals surface area contributed by atoms with Gasteiger partial charge in [-0.15, -0.1) is 10.2 Å². The van der Waals surface area contributed by atoms with Crippen LogP contribution in [0.25, 0.3) is 0 Å². The standard InChI is InChI=1S/C12H16N4OS/c1-2-6-16-11(8-17)14-15-12(16)18-9-10-4-3-5-13-7-10/h3-5,7,17H,2,6,8-9H2,1H3. The lowest BCUT2D eigenvalue weighted by Crippen LogP contribution is -2.04. The minimum atomic E-state index is -0.0690. The van der Waals surface area contributed by atoms with E-state index in [9.17, 15) is 5.11 Å². The summed E-state index contributed by atoms with van der Waals surface area (Å²) in [7, 11) is 0. The molecule has 96 valence electrons. The van der Waals surface area contributed by atoms with Gasteiger partial charge in [-0.1, -0.05) is 24.8 Å². The van der Waals surface area contributed by atoms with Gasteiger partial charge in [-0.25, -0.2) is 0 Å². The molecule has 0 radical (unpaired) electrons. The molecule has 0 saturated carbocycles. The van der Waals surface area contributed by atoms with Crippen molar-refractivity contribution in [1.29, 1.82) is 0 Å². The molecule has 2 aromatic rings. The zero-order valence-electron chi connectivity index (χ0n) is 10.3. The summed E-state index contributed by atoms with van der Waals surface area (Å²) in [5, 5.41) is 18.2. The summed E-state index contributed by atoms with van der Waals surface area (Å²) >= 11 is 1.61. The Morgan fingerprint density at radius 3 is 2.94 bits per heavy atom. The van der Waals surface area contributed by atoms with Gasteiger partial charge in [0.05, 0.1) is 0 Å². The van der Waals surface area contributed by atoms with Crippen molar-refractivity contribution in [2.75, 3.05) is 0 Å². The zero-order valence-corrected chi connectivity index (χ0v) is 11.1. The monoisotopic (exact) mass is 264 g/mol. The van der Waals surface area contributed by atoms with Crippen molar-refractivity contribution in [3.8, 4) is 0 Å². The highest BCUT2D eigenvalue weighted by molar-refractivity contribution is 7.98. The number of nitrogens with zero attached hydrogens (tertiary/aromatic N) is 4. The second-order valence-corrected chi connectivity index (χ2v) is 4.80. The fraction of sp³-hybridized carbons (Fsp3) is 0.417. The number of rotatable bonds is 6. The van der Waals surface area contributed by atoms with E-state index < -0.39 is 0 Å². The van der Waals surface area contributed by atoms with E-state index in [2.05, 4.69) is 22.1 Å². The van der Waals surface area contributed by atoms with Crippen molar-refractivity contribution in [3.05, 3.63) is 35.9 Å².